The molecule has 1 saturated carbocycles. The van der Waals surface area contributed by atoms with Crippen molar-refractivity contribution < 1.29 is 19.1 Å². The first-order valence-corrected chi connectivity index (χ1v) is 16.4. The Kier molecular flexibility index (Phi) is 10.1. The fraction of sp³-hybridized carbons (Fsp3) is 0.559. The van der Waals surface area contributed by atoms with Crippen molar-refractivity contribution in [3.8, 4) is 0 Å². The lowest BCUT2D eigenvalue weighted by molar-refractivity contribution is -0.146. The average Bonchev–Trinajstić information content (AvgIpc) is 3.53. The Morgan fingerprint density at radius 3 is 2.08 bits per heavy atom. The molecular weight excluding hydrogens is 500 g/mol. The molecule has 0 aromatic heterocycles. The molecule has 3 atom stereocenters. The highest BCUT2D eigenvalue weighted by atomic mass is 28.4. The van der Waals surface area contributed by atoms with Crippen molar-refractivity contribution in [1.82, 2.24) is 0 Å². The first-order valence-electron chi connectivity index (χ1n) is 14.5. The van der Waals surface area contributed by atoms with Gasteiger partial charge in [0.25, 0.3) is 8.32 Å². The van der Waals surface area contributed by atoms with Gasteiger partial charge in [-0.05, 0) is 65.3 Å². The van der Waals surface area contributed by atoms with Crippen LogP contribution in [0.25, 0.3) is 0 Å². The Balaban J connectivity index is 1.69. The molecule has 0 bridgehead atoms. The van der Waals surface area contributed by atoms with Crippen LogP contribution in [0.3, 0.4) is 0 Å². The van der Waals surface area contributed by atoms with Crippen LogP contribution in [0.1, 0.15) is 81.1 Å². The van der Waals surface area contributed by atoms with Crippen molar-refractivity contribution in [2.45, 2.75) is 92.2 Å². The van der Waals surface area contributed by atoms with Crippen molar-refractivity contribution in [3.63, 3.8) is 0 Å². The van der Waals surface area contributed by atoms with Gasteiger partial charge >= 0.3 is 5.97 Å². The molecule has 1 unspecified atom stereocenters. The van der Waals surface area contributed by atoms with Crippen LogP contribution < -0.4 is 10.4 Å². The van der Waals surface area contributed by atoms with E-state index in [-0.39, 0.29) is 28.3 Å². The summed E-state index contributed by atoms with van der Waals surface area (Å²) in [5, 5.41) is 13.3. The van der Waals surface area contributed by atoms with Gasteiger partial charge in [-0.3, -0.25) is 4.79 Å². The molecule has 1 N–H and O–H groups in total. The Labute approximate surface area is 238 Å². The molecule has 2 aromatic carbocycles. The molecule has 0 heterocycles. The minimum atomic E-state index is -2.56. The normalized spacial score (nSPS) is 20.9. The summed E-state index contributed by atoms with van der Waals surface area (Å²) in [5.41, 5.74) is 1.14. The quantitative estimate of drug-likeness (QED) is 0.172. The number of hydrogen-bond acceptors (Lipinski definition) is 4. The summed E-state index contributed by atoms with van der Waals surface area (Å²) in [7, 11) is -2.56. The summed E-state index contributed by atoms with van der Waals surface area (Å²) in [6.45, 7) is 18.6. The van der Waals surface area contributed by atoms with E-state index in [4.69, 9.17) is 9.16 Å². The molecule has 1 aliphatic rings. The second kappa shape index (κ2) is 12.5. The standard InChI is InChI=1S/C34H50O4Si/c1-9-37-31(36)22-30(35)34(8)24-27(34)23-33(6,7)21-20-26(2)25-38-39(32(3,4)5,28-16-12-10-13-17-28)29-18-14-11-15-19-29/h10-20,27,30,35H,9,21-25H2,1-8H3/b26-20+/t27-,30?,34-/m0/s1. The molecule has 214 valence electrons. The van der Waals surface area contributed by atoms with Crippen molar-refractivity contribution >= 4 is 24.7 Å². The van der Waals surface area contributed by atoms with Crippen molar-refractivity contribution in [2.24, 2.45) is 16.7 Å². The minimum absolute atomic E-state index is 0.0456. The number of esters is 1. The summed E-state index contributed by atoms with van der Waals surface area (Å²) in [5.74, 6) is 0.106. The topological polar surface area (TPSA) is 55.8 Å². The van der Waals surface area contributed by atoms with E-state index in [0.717, 1.165) is 19.3 Å². The molecule has 0 saturated heterocycles. The summed E-state index contributed by atoms with van der Waals surface area (Å²) >= 11 is 0. The van der Waals surface area contributed by atoms with Crippen LogP contribution in [0.2, 0.25) is 5.04 Å². The first-order chi connectivity index (χ1) is 18.2. The molecule has 0 spiro atoms. The highest BCUT2D eigenvalue weighted by molar-refractivity contribution is 6.99. The molecule has 5 heteroatoms. The van der Waals surface area contributed by atoms with E-state index in [1.807, 2.05) is 0 Å². The van der Waals surface area contributed by atoms with Crippen LogP contribution in [0.4, 0.5) is 0 Å². The second-order valence-corrected chi connectivity index (χ2v) is 17.8. The van der Waals surface area contributed by atoms with Gasteiger partial charge in [0.15, 0.2) is 0 Å². The number of carbonyl (C=O) groups is 1. The maximum Gasteiger partial charge on any atom is 0.308 e. The van der Waals surface area contributed by atoms with Gasteiger partial charge in [0.2, 0.25) is 0 Å². The van der Waals surface area contributed by atoms with Gasteiger partial charge in [-0.1, -0.05) is 114 Å². The van der Waals surface area contributed by atoms with Crippen LogP contribution >= 0.6 is 0 Å². The highest BCUT2D eigenvalue weighted by Crippen LogP contribution is 2.60. The first kappa shape index (κ1) is 31.3. The van der Waals surface area contributed by atoms with Crippen molar-refractivity contribution in [2.75, 3.05) is 13.2 Å². The molecule has 1 aliphatic carbocycles. The number of benzene rings is 2. The predicted octanol–water partition coefficient (Wildman–Crippen LogP) is 6.66. The average molecular weight is 551 g/mol. The van der Waals surface area contributed by atoms with E-state index in [0.29, 0.717) is 19.1 Å². The van der Waals surface area contributed by atoms with Crippen LogP contribution in [0.15, 0.2) is 72.3 Å². The molecule has 4 nitrogen and oxygen atoms in total. The van der Waals surface area contributed by atoms with Gasteiger partial charge in [-0.2, -0.15) is 0 Å². The van der Waals surface area contributed by atoms with E-state index in [1.165, 1.54) is 15.9 Å². The molecule has 2 aromatic rings. The van der Waals surface area contributed by atoms with Gasteiger partial charge in [0.05, 0.1) is 25.7 Å². The lowest BCUT2D eigenvalue weighted by Gasteiger charge is -2.43. The van der Waals surface area contributed by atoms with Crippen molar-refractivity contribution in [3.05, 3.63) is 72.3 Å². The SMILES string of the molecule is CCOC(=O)CC(O)[C@@]1(C)C[C@@H]1CC(C)(C)C/C=C(\C)CO[Si](c1ccccc1)(c1ccccc1)C(C)(C)C. The predicted molar refractivity (Wildman–Crippen MR) is 164 cm³/mol. The van der Waals surface area contributed by atoms with Crippen LogP contribution in [0.5, 0.6) is 0 Å². The van der Waals surface area contributed by atoms with E-state index in [1.54, 1.807) is 6.92 Å². The molecular formula is C34H50O4Si. The lowest BCUT2D eigenvalue weighted by atomic mass is 9.80. The molecule has 0 radical (unpaired) electrons. The summed E-state index contributed by atoms with van der Waals surface area (Å²) in [6.07, 6.45) is 4.70. The highest BCUT2D eigenvalue weighted by Gasteiger charge is 2.56. The zero-order valence-electron chi connectivity index (χ0n) is 25.4. The van der Waals surface area contributed by atoms with Gasteiger partial charge in [0, 0.05) is 0 Å². The number of carbonyl (C=O) groups excluding carboxylic acids is 1. The monoisotopic (exact) mass is 550 g/mol. The van der Waals surface area contributed by atoms with E-state index < -0.39 is 14.4 Å². The fourth-order valence-corrected chi connectivity index (χ4v) is 10.6. The van der Waals surface area contributed by atoms with Crippen LogP contribution in [-0.2, 0) is 14.0 Å². The number of rotatable bonds is 13. The molecule has 1 fully saturated rings. The number of aliphatic hydroxyl groups excluding tert-OH is 1. The largest absolute Gasteiger partial charge is 0.466 e. The Bertz CT molecular complexity index is 1060. The van der Waals surface area contributed by atoms with E-state index >= 15 is 0 Å². The second-order valence-electron chi connectivity index (χ2n) is 13.5. The molecule has 3 rings (SSSR count). The van der Waals surface area contributed by atoms with Crippen molar-refractivity contribution in [1.29, 1.82) is 0 Å². The summed E-state index contributed by atoms with van der Waals surface area (Å²) < 4.78 is 12.1. The third kappa shape index (κ3) is 7.50. The third-order valence-corrected chi connectivity index (χ3v) is 13.6. The van der Waals surface area contributed by atoms with Gasteiger partial charge in [-0.15, -0.1) is 0 Å². The maximum absolute atomic E-state index is 11.9. The van der Waals surface area contributed by atoms with Crippen LogP contribution in [-0.4, -0.2) is 38.7 Å². The number of aliphatic hydroxyl groups is 1. The number of allylic oxidation sites excluding steroid dienone is 1. The Morgan fingerprint density at radius 1 is 1.05 bits per heavy atom. The Hall–Kier alpha value is -2.21. The van der Waals surface area contributed by atoms with Gasteiger partial charge < -0.3 is 14.3 Å². The molecule has 39 heavy (non-hydrogen) atoms. The summed E-state index contributed by atoms with van der Waals surface area (Å²) in [6, 6.07) is 21.6. The Morgan fingerprint density at radius 2 is 1.59 bits per heavy atom. The number of ether oxygens (including phenoxy) is 1. The maximum atomic E-state index is 11.9. The third-order valence-electron chi connectivity index (χ3n) is 8.62. The van der Waals surface area contributed by atoms with Crippen LogP contribution in [0, 0.1) is 16.7 Å². The van der Waals surface area contributed by atoms with E-state index in [9.17, 15) is 9.90 Å². The molecule has 0 aliphatic heterocycles. The van der Waals surface area contributed by atoms with Gasteiger partial charge in [0.1, 0.15) is 0 Å². The van der Waals surface area contributed by atoms with Gasteiger partial charge in [-0.25, -0.2) is 0 Å². The molecule has 0 amide bonds. The summed E-state index contributed by atoms with van der Waals surface area (Å²) in [4.78, 5) is 11.9. The lowest BCUT2D eigenvalue weighted by Crippen LogP contribution is -2.66. The number of hydrogen-bond donors (Lipinski definition) is 1. The minimum Gasteiger partial charge on any atom is -0.466 e. The smallest absolute Gasteiger partial charge is 0.308 e. The zero-order valence-corrected chi connectivity index (χ0v) is 26.4. The zero-order chi connectivity index (χ0) is 28.9. The van der Waals surface area contributed by atoms with E-state index in [2.05, 4.69) is 115 Å². The fourth-order valence-electron chi connectivity index (χ4n) is 6.04.